The molecule has 0 aliphatic heterocycles. The molecule has 0 heterocycles. The van der Waals surface area contributed by atoms with Gasteiger partial charge in [-0.1, -0.05) is 0 Å². The van der Waals surface area contributed by atoms with Gasteiger partial charge in [-0.2, -0.15) is 0 Å². The van der Waals surface area contributed by atoms with E-state index in [0.29, 0.717) is 33.0 Å². The van der Waals surface area contributed by atoms with Gasteiger partial charge in [-0.15, -0.1) is 0 Å². The minimum absolute atomic E-state index is 0.0123. The molecule has 0 amide bonds. The molecule has 0 N–H and O–H groups in total. The van der Waals surface area contributed by atoms with Gasteiger partial charge in [0.2, 0.25) is 0 Å². The van der Waals surface area contributed by atoms with E-state index < -0.39 is 0 Å². The summed E-state index contributed by atoms with van der Waals surface area (Å²) in [5, 5.41) is 0. The summed E-state index contributed by atoms with van der Waals surface area (Å²) in [6.45, 7) is 4.42. The Bertz CT molecular complexity index is 139. The molecule has 0 aromatic carbocycles. The van der Waals surface area contributed by atoms with Gasteiger partial charge in [0.25, 0.3) is 0 Å². The van der Waals surface area contributed by atoms with Crippen molar-refractivity contribution in [1.82, 2.24) is 2.66 Å². The van der Waals surface area contributed by atoms with Gasteiger partial charge in [-0.05, 0) is 0 Å². The average Bonchev–Trinajstić information content (AvgIpc) is 1.99. The van der Waals surface area contributed by atoms with Gasteiger partial charge >= 0.3 is 91.0 Å². The van der Waals surface area contributed by atoms with E-state index in [-0.39, 0.29) is 12.0 Å². The maximum absolute atomic E-state index is 11.3. The number of hydrogen-bond acceptors (Lipinski definition) is 3. The molecule has 0 radical (unpaired) electrons. The van der Waals surface area contributed by atoms with Crippen LogP contribution in [0.3, 0.4) is 0 Å². The predicted molar refractivity (Wildman–Crippen MR) is 43.1 cm³/mol. The van der Waals surface area contributed by atoms with E-state index in [2.05, 4.69) is 9.59 Å². The van der Waals surface area contributed by atoms with E-state index in [1.807, 2.05) is 14.0 Å². The van der Waals surface area contributed by atoms with Gasteiger partial charge < -0.3 is 0 Å². The summed E-state index contributed by atoms with van der Waals surface area (Å²) >= 11 is 0.505. The summed E-state index contributed by atoms with van der Waals surface area (Å²) in [7, 11) is 1.99. The molecule has 0 bridgehead atoms. The molecule has 0 aliphatic rings. The second-order valence-electron chi connectivity index (χ2n) is 2.81. The number of likely N-dealkylation sites (N-methyl/N-ethyl adjacent to an activating group) is 1. The van der Waals surface area contributed by atoms with Crippen molar-refractivity contribution in [3.63, 3.8) is 0 Å². The quantitative estimate of drug-likeness (QED) is 0.545. The van der Waals surface area contributed by atoms with Crippen LogP contribution in [0.5, 0.6) is 0 Å². The molecular formula is C8H16HgNO2. The number of ether oxygens (including phenoxy) is 1. The molecule has 0 spiro atoms. The molecule has 3 nitrogen and oxygen atoms in total. The average molecular weight is 359 g/mol. The Morgan fingerprint density at radius 3 is 2.50 bits per heavy atom. The van der Waals surface area contributed by atoms with Crippen LogP contribution in [0.25, 0.3) is 0 Å². The molecule has 0 rings (SSSR count). The van der Waals surface area contributed by atoms with Crippen molar-refractivity contribution in [3.05, 3.63) is 0 Å². The van der Waals surface area contributed by atoms with Gasteiger partial charge in [0.1, 0.15) is 0 Å². The molecule has 12 heavy (non-hydrogen) atoms. The van der Waals surface area contributed by atoms with E-state index in [1.54, 1.807) is 0 Å². The monoisotopic (exact) mass is 360 g/mol. The zero-order chi connectivity index (χ0) is 9.56. The molecule has 4 heteroatoms. The van der Waals surface area contributed by atoms with E-state index in [9.17, 15) is 4.79 Å². The molecular weight excluding hydrogens is 343 g/mol. The van der Waals surface area contributed by atoms with Crippen molar-refractivity contribution in [1.29, 1.82) is 0 Å². The number of rotatable bonds is 5. The number of nitrogens with zero attached hydrogens (tertiary/aromatic N) is 1. The van der Waals surface area contributed by atoms with Crippen molar-refractivity contribution < 1.29 is 36.0 Å². The first-order chi connectivity index (χ1) is 5.63. The summed E-state index contributed by atoms with van der Waals surface area (Å²) in [5.41, 5.74) is 0. The van der Waals surface area contributed by atoms with Crippen LogP contribution in [-0.2, 0) is 36.0 Å². The minimum atomic E-state index is -0.0585. The Balaban J connectivity index is 4.00. The van der Waals surface area contributed by atoms with Crippen molar-refractivity contribution in [2.45, 2.75) is 32.7 Å². The first-order valence-electron chi connectivity index (χ1n) is 4.33. The first-order valence-corrected chi connectivity index (χ1v) is 6.79. The first kappa shape index (κ1) is 12.4. The summed E-state index contributed by atoms with van der Waals surface area (Å²) in [6, 6.07) is 0.0123. The van der Waals surface area contributed by atoms with Gasteiger partial charge in [-0.3, -0.25) is 0 Å². The van der Waals surface area contributed by atoms with Crippen molar-refractivity contribution >= 4 is 5.97 Å². The van der Waals surface area contributed by atoms with Gasteiger partial charge in [0, 0.05) is 0 Å². The summed E-state index contributed by atoms with van der Waals surface area (Å²) in [4.78, 5) is 11.3. The number of esters is 1. The third kappa shape index (κ3) is 4.41. The maximum atomic E-state index is 11.3. The van der Waals surface area contributed by atoms with E-state index >= 15 is 0 Å². The normalized spacial score (nSPS) is 13.2. The molecule has 1 atom stereocenters. The fraction of sp³-hybridized carbons (Fsp3) is 0.875. The third-order valence-corrected chi connectivity index (χ3v) is 3.37. The Morgan fingerprint density at radius 2 is 2.17 bits per heavy atom. The fourth-order valence-corrected chi connectivity index (χ4v) is 2.32. The van der Waals surface area contributed by atoms with E-state index in [1.165, 1.54) is 0 Å². The van der Waals surface area contributed by atoms with Gasteiger partial charge in [0.05, 0.1) is 0 Å². The molecule has 0 fully saturated rings. The van der Waals surface area contributed by atoms with Crippen LogP contribution in [0.2, 0.25) is 0 Å². The molecule has 0 saturated carbocycles. The molecule has 0 unspecified atom stereocenters. The topological polar surface area (TPSA) is 29.5 Å². The Morgan fingerprint density at radius 1 is 1.58 bits per heavy atom. The number of carbonyl (C=O) groups is 1. The molecule has 0 aromatic heterocycles. The summed E-state index contributed by atoms with van der Waals surface area (Å²) < 4.78 is 7.07. The standard InChI is InChI=1S/C8H16NO2.Hg/c1-4-6-7(9-3)8(10)11-5-2;/h7H,4-6H2,1-3H3;/q-1;+1/t7-;/m0./s1. The Hall–Kier alpha value is 0.365. The SMILES string of the molecule is CCC[C@@H](C(=O)OCC)[N](C)[Hg]. The van der Waals surface area contributed by atoms with E-state index in [0.717, 1.165) is 12.8 Å². The van der Waals surface area contributed by atoms with E-state index in [4.69, 9.17) is 4.74 Å². The number of hydrogen-bond donors (Lipinski definition) is 0. The van der Waals surface area contributed by atoms with Crippen LogP contribution in [0.15, 0.2) is 0 Å². The second kappa shape index (κ2) is 6.84. The van der Waals surface area contributed by atoms with Crippen LogP contribution in [0, 0.1) is 0 Å². The molecule has 0 aliphatic carbocycles. The van der Waals surface area contributed by atoms with Crippen molar-refractivity contribution in [3.8, 4) is 0 Å². The van der Waals surface area contributed by atoms with Gasteiger partial charge in [-0.25, -0.2) is 0 Å². The van der Waals surface area contributed by atoms with Crippen molar-refractivity contribution in [2.75, 3.05) is 13.7 Å². The predicted octanol–water partition coefficient (Wildman–Crippen LogP) is 1.11. The molecule has 0 saturated heterocycles. The Labute approximate surface area is 90.9 Å². The summed E-state index contributed by atoms with van der Waals surface area (Å²) in [6.07, 6.45) is 1.95. The molecule has 0 aromatic rings. The van der Waals surface area contributed by atoms with Crippen LogP contribution in [-0.4, -0.2) is 28.3 Å². The molecule has 67 valence electrons. The fourth-order valence-electron chi connectivity index (χ4n) is 1.03. The second-order valence-corrected chi connectivity index (χ2v) is 6.69. The van der Waals surface area contributed by atoms with Gasteiger partial charge in [0.15, 0.2) is 0 Å². The Kier molecular flexibility index (Phi) is 7.04. The van der Waals surface area contributed by atoms with Crippen LogP contribution in [0.4, 0.5) is 0 Å². The zero-order valence-corrected chi connectivity index (χ0v) is 13.7. The number of carbonyl (C=O) groups excluding carboxylic acids is 1. The third-order valence-electron chi connectivity index (χ3n) is 1.65. The zero-order valence-electron chi connectivity index (χ0n) is 8.17. The van der Waals surface area contributed by atoms with Crippen LogP contribution >= 0.6 is 0 Å². The summed E-state index contributed by atoms with van der Waals surface area (Å²) in [5.74, 6) is -0.0585. The van der Waals surface area contributed by atoms with Crippen LogP contribution in [0.1, 0.15) is 26.7 Å². The van der Waals surface area contributed by atoms with Crippen LogP contribution < -0.4 is 0 Å². The van der Waals surface area contributed by atoms with Crippen molar-refractivity contribution in [2.24, 2.45) is 0 Å².